The van der Waals surface area contributed by atoms with Gasteiger partial charge in [-0.3, -0.25) is 10.1 Å². The molecule has 0 radical (unpaired) electrons. The molecule has 5 aromatic rings. The van der Waals surface area contributed by atoms with Crippen LogP contribution in [0.25, 0.3) is 39.4 Å². The molecular weight excluding hydrogens is 419 g/mol. The summed E-state index contributed by atoms with van der Waals surface area (Å²) >= 11 is 0. The molecule has 0 unspecified atom stereocenters. The number of rotatable bonds is 5. The Morgan fingerprint density at radius 3 is 2.73 bits per heavy atom. The maximum atomic E-state index is 15.8. The second-order valence-corrected chi connectivity index (χ2v) is 7.74. The fraction of sp³-hybridized carbons (Fsp3) is 0.125. The van der Waals surface area contributed by atoms with Crippen LogP contribution in [0, 0.1) is 26.6 Å². The highest BCUT2D eigenvalue weighted by Gasteiger charge is 2.22. The highest BCUT2D eigenvalue weighted by atomic mass is 19.1. The quantitative estimate of drug-likeness (QED) is 0.384. The molecule has 33 heavy (non-hydrogen) atoms. The topological polar surface area (TPSA) is 101 Å². The number of imidazole rings is 2. The van der Waals surface area contributed by atoms with Crippen molar-refractivity contribution in [2.24, 2.45) is 0 Å². The molecule has 164 valence electrons. The van der Waals surface area contributed by atoms with E-state index in [9.17, 15) is 0 Å². The van der Waals surface area contributed by atoms with Crippen LogP contribution in [0.5, 0.6) is 0 Å². The first-order chi connectivity index (χ1) is 16.0. The number of allylic oxidation sites excluding steroid dienone is 2. The van der Waals surface area contributed by atoms with Gasteiger partial charge in [-0.15, -0.1) is 0 Å². The van der Waals surface area contributed by atoms with Gasteiger partial charge in [-0.1, -0.05) is 12.7 Å². The first-order valence-electron chi connectivity index (χ1n) is 10.3. The molecule has 0 aliphatic rings. The van der Waals surface area contributed by atoms with Gasteiger partial charge in [0.25, 0.3) is 0 Å². The number of H-pyrrole nitrogens is 2. The molecule has 0 fully saturated rings. The van der Waals surface area contributed by atoms with Crippen LogP contribution < -0.4 is 0 Å². The third kappa shape index (κ3) is 3.43. The summed E-state index contributed by atoms with van der Waals surface area (Å²) < 4.78 is 17.6. The second kappa shape index (κ2) is 7.94. The predicted octanol–water partition coefficient (Wildman–Crippen LogP) is 4.75. The van der Waals surface area contributed by atoms with Crippen LogP contribution in [-0.4, -0.2) is 39.7 Å². The maximum absolute atomic E-state index is 15.8. The molecule has 0 aromatic carbocycles. The maximum Gasteiger partial charge on any atom is 0.184 e. The van der Waals surface area contributed by atoms with Crippen molar-refractivity contribution in [2.45, 2.75) is 20.8 Å². The number of aromatic nitrogens is 8. The second-order valence-electron chi connectivity index (χ2n) is 7.74. The minimum Gasteiger partial charge on any atom is -0.340 e. The van der Waals surface area contributed by atoms with Crippen molar-refractivity contribution >= 4 is 16.7 Å². The molecule has 0 spiro atoms. The fourth-order valence-corrected chi connectivity index (χ4v) is 3.84. The van der Waals surface area contributed by atoms with Crippen LogP contribution in [0.2, 0.25) is 0 Å². The van der Waals surface area contributed by atoms with Gasteiger partial charge in [0, 0.05) is 41.6 Å². The lowest BCUT2D eigenvalue weighted by atomic mass is 10.0. The predicted molar refractivity (Wildman–Crippen MR) is 125 cm³/mol. The Labute approximate surface area is 189 Å². The van der Waals surface area contributed by atoms with Gasteiger partial charge in [0.1, 0.15) is 17.2 Å². The van der Waals surface area contributed by atoms with Crippen molar-refractivity contribution in [1.29, 1.82) is 0 Å². The summed E-state index contributed by atoms with van der Waals surface area (Å²) in [4.78, 5) is 20.8. The van der Waals surface area contributed by atoms with Crippen LogP contribution in [0.3, 0.4) is 0 Å². The zero-order valence-electron chi connectivity index (χ0n) is 18.4. The van der Waals surface area contributed by atoms with Crippen molar-refractivity contribution in [1.82, 2.24) is 39.7 Å². The van der Waals surface area contributed by atoms with E-state index in [1.807, 2.05) is 43.7 Å². The Balaban J connectivity index is 1.67. The normalized spacial score (nSPS) is 11.9. The van der Waals surface area contributed by atoms with Crippen molar-refractivity contribution in [2.75, 3.05) is 0 Å². The molecule has 5 heterocycles. The lowest BCUT2D eigenvalue weighted by Gasteiger charge is -2.07. The average molecular weight is 440 g/mol. The van der Waals surface area contributed by atoms with E-state index >= 15 is 4.39 Å². The summed E-state index contributed by atoms with van der Waals surface area (Å²) in [5.41, 5.74) is 5.81. The number of hydrogen-bond donors (Lipinski definition) is 2. The molecule has 0 saturated carbocycles. The van der Waals surface area contributed by atoms with Gasteiger partial charge in [0.2, 0.25) is 0 Å². The fourth-order valence-electron chi connectivity index (χ4n) is 3.84. The van der Waals surface area contributed by atoms with Crippen molar-refractivity contribution in [3.8, 4) is 22.6 Å². The molecule has 8 nitrogen and oxygen atoms in total. The molecule has 0 bridgehead atoms. The third-order valence-corrected chi connectivity index (χ3v) is 5.48. The molecule has 5 aromatic heterocycles. The largest absolute Gasteiger partial charge is 0.340 e. The lowest BCUT2D eigenvalue weighted by Crippen LogP contribution is -1.98. The molecule has 0 aliphatic carbocycles. The molecule has 0 atom stereocenters. The average Bonchev–Trinajstić information content (AvgIpc) is 3.52. The monoisotopic (exact) mass is 440 g/mol. The van der Waals surface area contributed by atoms with Crippen LogP contribution in [0.4, 0.5) is 4.39 Å². The Bertz CT molecular complexity index is 1540. The molecule has 0 aliphatic heterocycles. The van der Waals surface area contributed by atoms with Gasteiger partial charge >= 0.3 is 0 Å². The van der Waals surface area contributed by atoms with Crippen molar-refractivity contribution in [3.63, 3.8) is 0 Å². The zero-order chi connectivity index (χ0) is 23.1. The Kier molecular flexibility index (Phi) is 4.93. The highest BCUT2D eigenvalue weighted by Crippen LogP contribution is 2.33. The minimum absolute atomic E-state index is 0.267. The number of hydrogen-bond acceptors (Lipinski definition) is 5. The van der Waals surface area contributed by atoms with E-state index in [-0.39, 0.29) is 11.0 Å². The van der Waals surface area contributed by atoms with Crippen molar-refractivity contribution < 1.29 is 4.39 Å². The summed E-state index contributed by atoms with van der Waals surface area (Å²) in [6, 6.07) is 1.84. The Morgan fingerprint density at radius 2 is 2.00 bits per heavy atom. The number of aromatic amines is 2. The SMILES string of the molecule is C=C/C=C(\c1nc(-c2[nH]nc3ncc(-c4cnccc4C)c(F)c23)[nH]c1C)n1cnc(C)c1. The number of aryl methyl sites for hydroxylation is 3. The van der Waals surface area contributed by atoms with Crippen molar-refractivity contribution in [3.05, 3.63) is 84.4 Å². The molecule has 0 amide bonds. The van der Waals surface area contributed by atoms with Gasteiger partial charge in [-0.2, -0.15) is 5.10 Å². The van der Waals surface area contributed by atoms with Crippen LogP contribution >= 0.6 is 0 Å². The number of pyridine rings is 2. The van der Waals surface area contributed by atoms with Gasteiger partial charge in [0.05, 0.1) is 23.1 Å². The van der Waals surface area contributed by atoms with E-state index in [1.54, 1.807) is 24.8 Å². The van der Waals surface area contributed by atoms with Gasteiger partial charge < -0.3 is 9.55 Å². The molecular formula is C24H21FN8. The summed E-state index contributed by atoms with van der Waals surface area (Å²) in [5.74, 6) is 0.0279. The standard InChI is InChI=1S/C24H21FN8/c1-5-6-18(33-11-14(3)28-12-33)21-15(4)29-24(30-21)22-19-20(25)17(10-27-23(19)32-31-22)16-9-26-8-7-13(16)2/h5-12H,1H2,2-4H3,(H,29,30)(H,27,31,32)/b18-6+. The van der Waals surface area contributed by atoms with Crippen LogP contribution in [-0.2, 0) is 0 Å². The number of fused-ring (bicyclic) bond motifs is 1. The number of halogens is 1. The smallest absolute Gasteiger partial charge is 0.184 e. The Hall–Kier alpha value is -4.40. The van der Waals surface area contributed by atoms with Gasteiger partial charge in [-0.25, -0.2) is 19.3 Å². The van der Waals surface area contributed by atoms with Crippen LogP contribution in [0.1, 0.15) is 22.6 Å². The van der Waals surface area contributed by atoms with Gasteiger partial charge in [-0.05, 0) is 38.5 Å². The third-order valence-electron chi connectivity index (χ3n) is 5.48. The van der Waals surface area contributed by atoms with E-state index in [0.29, 0.717) is 28.3 Å². The zero-order valence-corrected chi connectivity index (χ0v) is 18.4. The van der Waals surface area contributed by atoms with E-state index in [2.05, 4.69) is 36.7 Å². The number of nitrogens with one attached hydrogen (secondary N) is 2. The van der Waals surface area contributed by atoms with E-state index in [0.717, 1.165) is 22.6 Å². The molecule has 0 saturated heterocycles. The van der Waals surface area contributed by atoms with Crippen LogP contribution in [0.15, 0.2) is 55.9 Å². The molecule has 2 N–H and O–H groups in total. The lowest BCUT2D eigenvalue weighted by molar-refractivity contribution is 0.642. The first-order valence-corrected chi connectivity index (χ1v) is 10.3. The molecule has 9 heteroatoms. The summed E-state index contributed by atoms with van der Waals surface area (Å²) in [6.45, 7) is 9.55. The highest BCUT2D eigenvalue weighted by molar-refractivity contribution is 5.93. The molecule has 5 rings (SSSR count). The van der Waals surface area contributed by atoms with Gasteiger partial charge in [0.15, 0.2) is 11.5 Å². The van der Waals surface area contributed by atoms with E-state index < -0.39 is 5.82 Å². The summed E-state index contributed by atoms with van der Waals surface area (Å²) in [5, 5.41) is 7.36. The summed E-state index contributed by atoms with van der Waals surface area (Å²) in [7, 11) is 0. The Morgan fingerprint density at radius 1 is 1.15 bits per heavy atom. The summed E-state index contributed by atoms with van der Waals surface area (Å²) in [6.07, 6.45) is 12.0. The minimum atomic E-state index is -0.428. The first kappa shape index (κ1) is 20.5. The van der Waals surface area contributed by atoms with E-state index in [4.69, 9.17) is 4.98 Å². The van der Waals surface area contributed by atoms with E-state index in [1.165, 1.54) is 6.20 Å². The number of nitrogens with zero attached hydrogens (tertiary/aromatic N) is 6.